The van der Waals surface area contributed by atoms with Gasteiger partial charge in [-0.15, -0.1) is 0 Å². The first-order chi connectivity index (χ1) is 27.7. The number of hydrogen-bond donors (Lipinski definition) is 1. The predicted molar refractivity (Wildman–Crippen MR) is 246 cm³/mol. The van der Waals surface area contributed by atoms with Crippen molar-refractivity contribution in [2.45, 2.75) is 38.5 Å². The lowest BCUT2D eigenvalue weighted by atomic mass is 9.78. The lowest BCUT2D eigenvalue weighted by molar-refractivity contribution is 0.663. The molecule has 8 aromatic carbocycles. The van der Waals surface area contributed by atoms with E-state index in [0.717, 1.165) is 5.57 Å². The van der Waals surface area contributed by atoms with Gasteiger partial charge in [-0.3, -0.25) is 0 Å². The van der Waals surface area contributed by atoms with Gasteiger partial charge < -0.3 is 4.98 Å². The van der Waals surface area contributed by atoms with Crippen molar-refractivity contribution in [2.24, 2.45) is 0 Å². The normalized spacial score (nSPS) is 15.4. The van der Waals surface area contributed by atoms with E-state index in [0.29, 0.717) is 0 Å². The third-order valence-corrected chi connectivity index (χ3v) is 12.7. The van der Waals surface area contributed by atoms with Crippen molar-refractivity contribution in [2.75, 3.05) is 0 Å². The van der Waals surface area contributed by atoms with Gasteiger partial charge >= 0.3 is 0 Å². The summed E-state index contributed by atoms with van der Waals surface area (Å²) in [6.07, 6.45) is 3.99. The molecular weight excluding hydrogens is 687 g/mol. The lowest BCUT2D eigenvalue weighted by Crippen LogP contribution is -2.16. The van der Waals surface area contributed by atoms with Gasteiger partial charge in [-0.2, -0.15) is 0 Å². The smallest absolute Gasteiger partial charge is 0.0512 e. The Kier molecular flexibility index (Phi) is 7.89. The number of allylic oxidation sites excluding steroid dienone is 4. The molecule has 11 rings (SSSR count). The summed E-state index contributed by atoms with van der Waals surface area (Å²) in [6, 6.07) is 57.3. The molecule has 0 fully saturated rings. The van der Waals surface area contributed by atoms with Crippen LogP contribution in [0.5, 0.6) is 0 Å². The zero-order valence-corrected chi connectivity index (χ0v) is 33.1. The quantitative estimate of drug-likeness (QED) is 0.174. The van der Waals surface area contributed by atoms with Gasteiger partial charge in [-0.05, 0) is 107 Å². The predicted octanol–water partition coefficient (Wildman–Crippen LogP) is 15.4. The second-order valence-corrected chi connectivity index (χ2v) is 16.7. The number of rotatable bonds is 3. The Morgan fingerprint density at radius 3 is 1.91 bits per heavy atom. The Morgan fingerprint density at radius 2 is 1.11 bits per heavy atom. The zero-order valence-electron chi connectivity index (χ0n) is 33.1. The number of para-hydroxylation sites is 1. The number of aromatic amines is 1. The summed E-state index contributed by atoms with van der Waals surface area (Å²) in [5, 5.41) is 7.78. The fraction of sp³-hybridized carbons (Fsp3) is 0.107. The number of benzene rings is 8. The maximum absolute atomic E-state index is 4.44. The molecule has 0 saturated carbocycles. The minimum atomic E-state index is -0.136. The van der Waals surface area contributed by atoms with Gasteiger partial charge in [0.05, 0.1) is 5.52 Å². The van der Waals surface area contributed by atoms with Crippen molar-refractivity contribution < 1.29 is 0 Å². The maximum atomic E-state index is 4.44. The number of aromatic nitrogens is 1. The maximum Gasteiger partial charge on any atom is 0.0512 e. The fourth-order valence-electron chi connectivity index (χ4n) is 10.1. The van der Waals surface area contributed by atoms with Crippen molar-refractivity contribution in [3.63, 3.8) is 0 Å². The summed E-state index contributed by atoms with van der Waals surface area (Å²) >= 11 is 0. The molecule has 0 radical (unpaired) electrons. The lowest BCUT2D eigenvalue weighted by Gasteiger charge is -2.24. The van der Waals surface area contributed by atoms with Crippen molar-refractivity contribution in [3.8, 4) is 33.4 Å². The highest BCUT2D eigenvalue weighted by molar-refractivity contribution is 6.14. The van der Waals surface area contributed by atoms with Crippen LogP contribution in [0.4, 0.5) is 0 Å². The Bertz CT molecular complexity index is 3160. The van der Waals surface area contributed by atoms with E-state index < -0.39 is 0 Å². The summed E-state index contributed by atoms with van der Waals surface area (Å²) in [7, 11) is 0. The van der Waals surface area contributed by atoms with E-state index in [-0.39, 0.29) is 10.8 Å². The molecule has 1 aromatic heterocycles. The SMILES string of the molecule is C=C/C=C1\C(=C)c2cccc(-c3cccc(-c4cc5ccccc5c5ccccc45)c3)c2C1(C)C.CC1(C)c2ccccc2-c2ccc3c([nH]c4ccccc43)c21. The Labute approximate surface area is 335 Å². The molecule has 1 heteroatoms. The van der Waals surface area contributed by atoms with Crippen LogP contribution in [0.1, 0.15) is 49.9 Å². The molecule has 0 amide bonds. The Balaban J connectivity index is 0.000000154. The molecule has 0 spiro atoms. The number of fused-ring (bicyclic) bond motifs is 11. The molecule has 0 aliphatic heterocycles. The number of hydrogen-bond acceptors (Lipinski definition) is 0. The van der Waals surface area contributed by atoms with Crippen LogP contribution in [0.25, 0.3) is 82.3 Å². The minimum absolute atomic E-state index is 0.0340. The third kappa shape index (κ3) is 5.22. The first-order valence-corrected chi connectivity index (χ1v) is 20.0. The average Bonchev–Trinajstić information content (AvgIpc) is 3.80. The topological polar surface area (TPSA) is 15.8 Å². The molecule has 2 aliphatic carbocycles. The van der Waals surface area contributed by atoms with E-state index in [4.69, 9.17) is 0 Å². The molecule has 274 valence electrons. The molecule has 0 bridgehead atoms. The second-order valence-electron chi connectivity index (χ2n) is 16.7. The van der Waals surface area contributed by atoms with E-state index in [1.165, 1.54) is 105 Å². The number of nitrogens with one attached hydrogen (secondary N) is 1. The van der Waals surface area contributed by atoms with Crippen LogP contribution in [0.2, 0.25) is 0 Å². The van der Waals surface area contributed by atoms with Crippen LogP contribution in [0.15, 0.2) is 189 Å². The van der Waals surface area contributed by atoms with E-state index in [9.17, 15) is 0 Å². The minimum Gasteiger partial charge on any atom is -0.354 e. The highest BCUT2D eigenvalue weighted by atomic mass is 14.7. The van der Waals surface area contributed by atoms with Crippen molar-refractivity contribution in [1.29, 1.82) is 0 Å². The van der Waals surface area contributed by atoms with E-state index in [1.807, 2.05) is 6.08 Å². The molecular formula is C56H45N. The molecule has 1 N–H and O–H groups in total. The van der Waals surface area contributed by atoms with Crippen molar-refractivity contribution in [3.05, 3.63) is 211 Å². The van der Waals surface area contributed by atoms with Crippen molar-refractivity contribution >= 4 is 48.9 Å². The highest BCUT2D eigenvalue weighted by Gasteiger charge is 2.39. The van der Waals surface area contributed by atoms with Crippen LogP contribution in [-0.4, -0.2) is 4.98 Å². The van der Waals surface area contributed by atoms with E-state index in [2.05, 4.69) is 210 Å². The zero-order chi connectivity index (χ0) is 39.1. The summed E-state index contributed by atoms with van der Waals surface area (Å²) in [5.74, 6) is 0. The molecule has 57 heavy (non-hydrogen) atoms. The second kappa shape index (κ2) is 12.9. The van der Waals surface area contributed by atoms with Gasteiger partial charge in [0.15, 0.2) is 0 Å². The van der Waals surface area contributed by atoms with Gasteiger partial charge in [0, 0.05) is 27.1 Å². The fourth-order valence-corrected chi connectivity index (χ4v) is 10.1. The van der Waals surface area contributed by atoms with Crippen LogP contribution >= 0.6 is 0 Å². The van der Waals surface area contributed by atoms with Crippen molar-refractivity contribution in [1.82, 2.24) is 4.98 Å². The van der Waals surface area contributed by atoms with Gasteiger partial charge in [-0.25, -0.2) is 0 Å². The molecule has 0 atom stereocenters. The van der Waals surface area contributed by atoms with E-state index in [1.54, 1.807) is 0 Å². The molecule has 0 unspecified atom stereocenters. The third-order valence-electron chi connectivity index (χ3n) is 12.7. The van der Waals surface area contributed by atoms with Crippen LogP contribution < -0.4 is 0 Å². The summed E-state index contributed by atoms with van der Waals surface area (Å²) in [5.41, 5.74) is 18.0. The average molecular weight is 732 g/mol. The Morgan fingerprint density at radius 1 is 0.474 bits per heavy atom. The number of H-pyrrole nitrogens is 1. The molecule has 9 aromatic rings. The molecule has 1 heterocycles. The largest absolute Gasteiger partial charge is 0.354 e. The molecule has 0 saturated heterocycles. The summed E-state index contributed by atoms with van der Waals surface area (Å²) < 4.78 is 0. The summed E-state index contributed by atoms with van der Waals surface area (Å²) in [6.45, 7) is 17.6. The van der Waals surface area contributed by atoms with Gasteiger partial charge in [0.1, 0.15) is 0 Å². The van der Waals surface area contributed by atoms with E-state index >= 15 is 0 Å². The van der Waals surface area contributed by atoms with Gasteiger partial charge in [0.25, 0.3) is 0 Å². The molecule has 1 nitrogen and oxygen atoms in total. The van der Waals surface area contributed by atoms with Crippen LogP contribution in [0.3, 0.4) is 0 Å². The van der Waals surface area contributed by atoms with Gasteiger partial charge in [0.2, 0.25) is 0 Å². The molecule has 2 aliphatic rings. The van der Waals surface area contributed by atoms with Crippen LogP contribution in [-0.2, 0) is 10.8 Å². The highest BCUT2D eigenvalue weighted by Crippen LogP contribution is 2.53. The standard InChI is InChI=1S/C35H28.C21H17N/c1-5-12-33-23(2)27-19-11-20-29(34(27)35(33,3)4)24-14-10-15-25(21-24)32-22-26-13-6-7-16-28(26)30-17-8-9-18-31(30)32;1-21(2)17-9-5-3-7-13(17)15-11-12-16-14-8-4-6-10-18(14)22-20(16)19(15)21/h5-22H,1-2H2,3-4H3;3-12,22H,1-2H3/b33-12+;. The Hall–Kier alpha value is -6.70. The first kappa shape index (κ1) is 34.8. The monoisotopic (exact) mass is 731 g/mol. The van der Waals surface area contributed by atoms with Gasteiger partial charge in [-0.1, -0.05) is 193 Å². The summed E-state index contributed by atoms with van der Waals surface area (Å²) in [4.78, 5) is 3.67. The van der Waals surface area contributed by atoms with Crippen LogP contribution in [0, 0.1) is 0 Å². The first-order valence-electron chi connectivity index (χ1n) is 20.0.